The summed E-state index contributed by atoms with van der Waals surface area (Å²) in [5, 5.41) is 1.11. The van der Waals surface area contributed by atoms with Crippen molar-refractivity contribution in [2.24, 2.45) is 4.99 Å². The summed E-state index contributed by atoms with van der Waals surface area (Å²) in [7, 11) is 0. The van der Waals surface area contributed by atoms with Crippen LogP contribution in [0.1, 0.15) is 41.3 Å². The fraction of sp³-hybridized carbons (Fsp3) is 0.364. The van der Waals surface area contributed by atoms with Crippen LogP contribution in [0.5, 0.6) is 0 Å². The molecule has 152 valence electrons. The molecule has 0 spiro atoms. The van der Waals surface area contributed by atoms with Crippen LogP contribution in [-0.2, 0) is 24.1 Å². The number of aromatic nitrogens is 1. The predicted molar refractivity (Wildman–Crippen MR) is 119 cm³/mol. The highest BCUT2D eigenvalue weighted by Crippen LogP contribution is 2.30. The number of nitrogens with zero attached hydrogens (tertiary/aromatic N) is 2. The molecule has 1 aliphatic rings. The summed E-state index contributed by atoms with van der Waals surface area (Å²) < 4.78 is 8.36. The Labute approximate surface area is 183 Å². The minimum atomic E-state index is -0.239. The van der Waals surface area contributed by atoms with Gasteiger partial charge in [-0.2, -0.15) is 4.99 Å². The number of carbonyl (C=O) groups is 1. The van der Waals surface area contributed by atoms with E-state index in [2.05, 4.69) is 11.1 Å². The van der Waals surface area contributed by atoms with Gasteiger partial charge in [0.15, 0.2) is 4.80 Å². The van der Waals surface area contributed by atoms with Gasteiger partial charge in [-0.25, -0.2) is 0 Å². The Kier molecular flexibility index (Phi) is 6.40. The Morgan fingerprint density at radius 1 is 1.17 bits per heavy atom. The van der Waals surface area contributed by atoms with Crippen LogP contribution in [0.2, 0.25) is 10.0 Å². The van der Waals surface area contributed by atoms with Gasteiger partial charge in [0.1, 0.15) is 0 Å². The zero-order valence-corrected chi connectivity index (χ0v) is 18.5. The lowest BCUT2D eigenvalue weighted by Gasteiger charge is -2.15. The van der Waals surface area contributed by atoms with E-state index in [0.29, 0.717) is 40.2 Å². The Balaban J connectivity index is 1.77. The van der Waals surface area contributed by atoms with Gasteiger partial charge in [0.25, 0.3) is 5.91 Å². The highest BCUT2D eigenvalue weighted by Gasteiger charge is 2.15. The Hall–Kier alpha value is -1.66. The molecule has 1 aromatic heterocycles. The van der Waals surface area contributed by atoms with Crippen LogP contribution >= 0.6 is 34.5 Å². The molecule has 0 saturated heterocycles. The number of aryl methyl sites for hydroxylation is 2. The largest absolute Gasteiger partial charge is 0.380 e. The van der Waals surface area contributed by atoms with E-state index in [1.54, 1.807) is 6.07 Å². The molecule has 0 N–H and O–H groups in total. The summed E-state index contributed by atoms with van der Waals surface area (Å²) in [5.41, 5.74) is 4.08. The summed E-state index contributed by atoms with van der Waals surface area (Å²) in [6, 6.07) is 9.53. The van der Waals surface area contributed by atoms with Crippen molar-refractivity contribution in [2.75, 3.05) is 13.2 Å². The quantitative estimate of drug-likeness (QED) is 0.472. The maximum Gasteiger partial charge on any atom is 0.279 e. The fourth-order valence-electron chi connectivity index (χ4n) is 3.74. The van der Waals surface area contributed by atoms with Crippen molar-refractivity contribution >= 4 is 50.7 Å². The lowest BCUT2D eigenvalue weighted by atomic mass is 9.90. The van der Waals surface area contributed by atoms with Gasteiger partial charge in [0.2, 0.25) is 0 Å². The SMILES string of the molecule is CCOCCn1c(=NC(=O)c2ccc3c(c2)CCCC3)sc2cc(Cl)cc(Cl)c21. The van der Waals surface area contributed by atoms with E-state index in [-0.39, 0.29) is 5.91 Å². The second kappa shape index (κ2) is 9.00. The number of thiazole rings is 1. The fourth-order valence-corrected chi connectivity index (χ4v) is 5.58. The molecule has 1 aliphatic carbocycles. The average molecular weight is 449 g/mol. The van der Waals surface area contributed by atoms with E-state index in [1.807, 2.05) is 29.7 Å². The Bertz CT molecular complexity index is 1130. The van der Waals surface area contributed by atoms with Crippen molar-refractivity contribution in [3.05, 3.63) is 61.9 Å². The summed E-state index contributed by atoms with van der Waals surface area (Å²) >= 11 is 14.0. The third-order valence-electron chi connectivity index (χ3n) is 5.15. The molecule has 2 aromatic carbocycles. The molecular weight excluding hydrogens is 427 g/mol. The van der Waals surface area contributed by atoms with Gasteiger partial charge < -0.3 is 9.30 Å². The summed E-state index contributed by atoms with van der Waals surface area (Å²) in [6.45, 7) is 3.66. The van der Waals surface area contributed by atoms with E-state index in [1.165, 1.54) is 35.3 Å². The van der Waals surface area contributed by atoms with Gasteiger partial charge in [-0.3, -0.25) is 4.79 Å². The molecule has 3 aromatic rings. The minimum Gasteiger partial charge on any atom is -0.380 e. The molecule has 0 radical (unpaired) electrons. The number of benzene rings is 2. The third kappa shape index (κ3) is 4.43. The van der Waals surface area contributed by atoms with Crippen molar-refractivity contribution in [1.29, 1.82) is 0 Å². The normalized spacial score (nSPS) is 14.4. The van der Waals surface area contributed by atoms with Gasteiger partial charge in [0.05, 0.1) is 21.8 Å². The first-order valence-electron chi connectivity index (χ1n) is 9.84. The van der Waals surface area contributed by atoms with Crippen LogP contribution < -0.4 is 4.80 Å². The number of fused-ring (bicyclic) bond motifs is 2. The van der Waals surface area contributed by atoms with Crippen LogP contribution in [-0.4, -0.2) is 23.7 Å². The number of ether oxygens (including phenoxy) is 1. The first-order chi connectivity index (χ1) is 14.1. The second-order valence-electron chi connectivity index (χ2n) is 7.08. The van der Waals surface area contributed by atoms with E-state index >= 15 is 0 Å². The number of hydrogen-bond donors (Lipinski definition) is 0. The molecule has 0 bridgehead atoms. The zero-order chi connectivity index (χ0) is 20.4. The van der Waals surface area contributed by atoms with E-state index in [4.69, 9.17) is 27.9 Å². The van der Waals surface area contributed by atoms with Gasteiger partial charge in [-0.1, -0.05) is 40.6 Å². The number of rotatable bonds is 5. The lowest BCUT2D eigenvalue weighted by Crippen LogP contribution is -2.20. The second-order valence-corrected chi connectivity index (χ2v) is 8.93. The number of hydrogen-bond acceptors (Lipinski definition) is 3. The van der Waals surface area contributed by atoms with E-state index in [0.717, 1.165) is 23.1 Å². The van der Waals surface area contributed by atoms with Crippen LogP contribution in [0.15, 0.2) is 35.3 Å². The molecular formula is C22H22Cl2N2O2S. The standard InChI is InChI=1S/C22H22Cl2N2O2S/c1-2-28-10-9-26-20-18(24)12-17(23)13-19(20)29-22(26)25-21(27)16-8-7-14-5-3-4-6-15(14)11-16/h7-8,11-13H,2-6,9-10H2,1H3. The van der Waals surface area contributed by atoms with Crippen molar-refractivity contribution in [1.82, 2.24) is 4.57 Å². The average Bonchev–Trinajstić information content (AvgIpc) is 3.04. The van der Waals surface area contributed by atoms with Crippen LogP contribution in [0.4, 0.5) is 0 Å². The van der Waals surface area contributed by atoms with Gasteiger partial charge in [-0.15, -0.1) is 0 Å². The monoisotopic (exact) mass is 448 g/mol. The smallest absolute Gasteiger partial charge is 0.279 e. The van der Waals surface area contributed by atoms with Crippen molar-refractivity contribution in [3.63, 3.8) is 0 Å². The number of carbonyl (C=O) groups excluding carboxylic acids is 1. The molecule has 0 unspecified atom stereocenters. The van der Waals surface area contributed by atoms with Crippen LogP contribution in [0.25, 0.3) is 10.2 Å². The predicted octanol–water partition coefficient (Wildman–Crippen LogP) is 5.67. The minimum absolute atomic E-state index is 0.239. The summed E-state index contributed by atoms with van der Waals surface area (Å²) in [5.74, 6) is -0.239. The highest BCUT2D eigenvalue weighted by molar-refractivity contribution is 7.16. The molecule has 1 amide bonds. The van der Waals surface area contributed by atoms with Crippen LogP contribution in [0.3, 0.4) is 0 Å². The molecule has 0 saturated carbocycles. The third-order valence-corrected chi connectivity index (χ3v) is 6.68. The maximum absolute atomic E-state index is 12.9. The van der Waals surface area contributed by atoms with Gasteiger partial charge in [0, 0.05) is 23.7 Å². The van der Waals surface area contributed by atoms with Crippen molar-refractivity contribution in [2.45, 2.75) is 39.2 Å². The Morgan fingerprint density at radius 2 is 1.97 bits per heavy atom. The Morgan fingerprint density at radius 3 is 2.76 bits per heavy atom. The molecule has 4 rings (SSSR count). The maximum atomic E-state index is 12.9. The molecule has 7 heteroatoms. The molecule has 0 fully saturated rings. The van der Waals surface area contributed by atoms with Crippen LogP contribution in [0, 0.1) is 0 Å². The topological polar surface area (TPSA) is 43.6 Å². The molecule has 0 atom stereocenters. The first-order valence-corrected chi connectivity index (χ1v) is 11.4. The zero-order valence-electron chi connectivity index (χ0n) is 16.2. The van der Waals surface area contributed by atoms with Gasteiger partial charge >= 0.3 is 0 Å². The summed E-state index contributed by atoms with van der Waals surface area (Å²) in [6.07, 6.45) is 4.51. The van der Waals surface area contributed by atoms with E-state index < -0.39 is 0 Å². The first kappa shape index (κ1) is 20.6. The molecule has 0 aliphatic heterocycles. The molecule has 1 heterocycles. The highest BCUT2D eigenvalue weighted by atomic mass is 35.5. The number of amides is 1. The molecule has 29 heavy (non-hydrogen) atoms. The number of halogens is 2. The van der Waals surface area contributed by atoms with Crippen molar-refractivity contribution < 1.29 is 9.53 Å². The van der Waals surface area contributed by atoms with Gasteiger partial charge in [-0.05, 0) is 68.0 Å². The summed E-state index contributed by atoms with van der Waals surface area (Å²) in [4.78, 5) is 18.0. The van der Waals surface area contributed by atoms with Crippen molar-refractivity contribution in [3.8, 4) is 0 Å². The molecule has 4 nitrogen and oxygen atoms in total. The lowest BCUT2D eigenvalue weighted by molar-refractivity contribution is 0.0996. The van der Waals surface area contributed by atoms with E-state index in [9.17, 15) is 4.79 Å².